The number of allylic oxidation sites excluding steroid dienone is 1. The van der Waals surface area contributed by atoms with Gasteiger partial charge in [-0.1, -0.05) is 13.0 Å². The monoisotopic (exact) mass is 555 g/mol. The second-order valence-electron chi connectivity index (χ2n) is 8.84. The molecule has 4 rings (SSSR count). The van der Waals surface area contributed by atoms with Gasteiger partial charge in [-0.25, -0.2) is 19.4 Å². The minimum absolute atomic E-state index is 0.193. The first-order chi connectivity index (χ1) is 18.7. The normalized spacial score (nSPS) is 15.2. The van der Waals surface area contributed by atoms with E-state index in [9.17, 15) is 13.2 Å². The zero-order valence-electron chi connectivity index (χ0n) is 21.9. The van der Waals surface area contributed by atoms with Gasteiger partial charge in [-0.3, -0.25) is 9.52 Å². The van der Waals surface area contributed by atoms with Crippen molar-refractivity contribution >= 4 is 51.0 Å². The van der Waals surface area contributed by atoms with Crippen LogP contribution in [0.3, 0.4) is 0 Å². The Morgan fingerprint density at radius 1 is 1.33 bits per heavy atom. The second-order valence-corrected chi connectivity index (χ2v) is 10.6. The number of rotatable bonds is 8. The van der Waals surface area contributed by atoms with Crippen molar-refractivity contribution in [2.45, 2.75) is 13.8 Å². The number of hydrogen-bond donors (Lipinski definition) is 2. The standard InChI is InChI=1S/C26H30FN7O4S/c1-5-33(4)39(36,37)32-22-8-6-7-19(23(22)27)24(35)21-16-30-25-20(21)13-18(15-29-25)17(2)14-31-26(28-3)34-9-11-38-12-10-34/h6-8,13-16,32H,3,5,9-12H2,1-2,4H3,(H,29,30)/b17-14+,31-26+. The molecule has 0 saturated carbocycles. The molecule has 13 heteroatoms. The summed E-state index contributed by atoms with van der Waals surface area (Å²) in [6.45, 7) is 9.82. The molecule has 0 unspecified atom stereocenters. The maximum atomic E-state index is 15.3. The zero-order valence-corrected chi connectivity index (χ0v) is 22.8. The van der Waals surface area contributed by atoms with Crippen molar-refractivity contribution in [3.05, 3.63) is 65.4 Å². The number of aromatic nitrogens is 2. The third kappa shape index (κ3) is 6.05. The third-order valence-electron chi connectivity index (χ3n) is 6.38. The first-order valence-electron chi connectivity index (χ1n) is 12.2. The van der Waals surface area contributed by atoms with Crippen LogP contribution in [-0.2, 0) is 14.9 Å². The summed E-state index contributed by atoms with van der Waals surface area (Å²) in [5.41, 5.74) is 1.52. The number of ketones is 1. The highest BCUT2D eigenvalue weighted by molar-refractivity contribution is 7.90. The fourth-order valence-corrected chi connectivity index (χ4v) is 4.87. The average molecular weight is 556 g/mol. The summed E-state index contributed by atoms with van der Waals surface area (Å²) in [5.74, 6) is -1.10. The number of morpholine rings is 1. The van der Waals surface area contributed by atoms with Crippen LogP contribution in [-0.4, -0.2) is 85.9 Å². The van der Waals surface area contributed by atoms with Crippen LogP contribution in [0, 0.1) is 5.82 Å². The van der Waals surface area contributed by atoms with E-state index in [2.05, 4.69) is 31.4 Å². The van der Waals surface area contributed by atoms with Gasteiger partial charge in [0.2, 0.25) is 5.96 Å². The number of halogens is 1. The van der Waals surface area contributed by atoms with Gasteiger partial charge >= 0.3 is 10.2 Å². The van der Waals surface area contributed by atoms with Gasteiger partial charge in [-0.15, -0.1) is 0 Å². The second kappa shape index (κ2) is 11.8. The fourth-order valence-electron chi connectivity index (χ4n) is 3.94. The predicted octanol–water partition coefficient (Wildman–Crippen LogP) is 3.29. The van der Waals surface area contributed by atoms with Gasteiger partial charge < -0.3 is 14.6 Å². The summed E-state index contributed by atoms with van der Waals surface area (Å²) < 4.78 is 48.7. The summed E-state index contributed by atoms with van der Waals surface area (Å²) in [5, 5.41) is 0.487. The van der Waals surface area contributed by atoms with Crippen molar-refractivity contribution in [1.29, 1.82) is 0 Å². The molecule has 0 spiro atoms. The quantitative estimate of drug-likeness (QED) is 0.249. The number of pyridine rings is 1. The van der Waals surface area contributed by atoms with E-state index in [-0.39, 0.29) is 23.4 Å². The first kappa shape index (κ1) is 28.1. The molecule has 3 aromatic rings. The van der Waals surface area contributed by atoms with E-state index in [1.54, 1.807) is 25.4 Å². The molecule has 0 amide bonds. The molecule has 0 bridgehead atoms. The minimum atomic E-state index is -3.97. The van der Waals surface area contributed by atoms with Gasteiger partial charge in [0.1, 0.15) is 5.65 Å². The van der Waals surface area contributed by atoms with E-state index < -0.39 is 21.8 Å². The Hall–Kier alpha value is -3.94. The molecule has 206 valence electrons. The Balaban J connectivity index is 1.65. The van der Waals surface area contributed by atoms with Crippen LogP contribution in [0.5, 0.6) is 0 Å². The van der Waals surface area contributed by atoms with Crippen LogP contribution in [0.25, 0.3) is 16.6 Å². The van der Waals surface area contributed by atoms with Crippen LogP contribution in [0.15, 0.2) is 52.8 Å². The summed E-state index contributed by atoms with van der Waals surface area (Å²) in [7, 11) is -2.61. The highest BCUT2D eigenvalue weighted by Gasteiger charge is 2.23. The molecule has 3 heterocycles. The number of hydrogen-bond acceptors (Lipinski definition) is 6. The molecule has 0 radical (unpaired) electrons. The van der Waals surface area contributed by atoms with Crippen molar-refractivity contribution in [3.63, 3.8) is 0 Å². The number of nitrogens with zero attached hydrogens (tertiary/aromatic N) is 5. The van der Waals surface area contributed by atoms with Gasteiger partial charge in [-0.2, -0.15) is 12.7 Å². The maximum Gasteiger partial charge on any atom is 0.301 e. The number of carbonyl (C=O) groups is 1. The largest absolute Gasteiger partial charge is 0.378 e. The number of carbonyl (C=O) groups excluding carboxylic acids is 1. The van der Waals surface area contributed by atoms with E-state index >= 15 is 4.39 Å². The van der Waals surface area contributed by atoms with Crippen molar-refractivity contribution in [2.24, 2.45) is 9.98 Å². The number of aliphatic imine (C=N–C) groups is 2. The summed E-state index contributed by atoms with van der Waals surface area (Å²) in [6.07, 6.45) is 4.75. The van der Waals surface area contributed by atoms with Crippen molar-refractivity contribution < 1.29 is 22.3 Å². The summed E-state index contributed by atoms with van der Waals surface area (Å²) in [6, 6.07) is 5.76. The number of anilines is 1. The Morgan fingerprint density at radius 3 is 2.77 bits per heavy atom. The molecule has 0 atom stereocenters. The smallest absolute Gasteiger partial charge is 0.301 e. The molecule has 0 aliphatic carbocycles. The molecule has 1 aromatic carbocycles. The number of aromatic amines is 1. The van der Waals surface area contributed by atoms with Gasteiger partial charge in [-0.05, 0) is 43.0 Å². The summed E-state index contributed by atoms with van der Waals surface area (Å²) >= 11 is 0. The Bertz CT molecular complexity index is 1560. The summed E-state index contributed by atoms with van der Waals surface area (Å²) in [4.78, 5) is 31.2. The van der Waals surface area contributed by atoms with Gasteiger partial charge in [0, 0.05) is 56.2 Å². The molecule has 2 N–H and O–H groups in total. The Kier molecular flexibility index (Phi) is 8.53. The molecule has 1 aliphatic heterocycles. The van der Waals surface area contributed by atoms with Crippen LogP contribution in [0.2, 0.25) is 0 Å². The molecule has 39 heavy (non-hydrogen) atoms. The topological polar surface area (TPSA) is 132 Å². The number of benzene rings is 1. The molecule has 1 aliphatic rings. The number of fused-ring (bicyclic) bond motifs is 1. The molecule has 11 nitrogen and oxygen atoms in total. The lowest BCUT2D eigenvalue weighted by Crippen LogP contribution is -2.39. The lowest BCUT2D eigenvalue weighted by molar-refractivity contribution is 0.0676. The van der Waals surface area contributed by atoms with E-state index in [0.29, 0.717) is 48.9 Å². The van der Waals surface area contributed by atoms with Gasteiger partial charge in [0.15, 0.2) is 11.6 Å². The van der Waals surface area contributed by atoms with Crippen LogP contribution in [0.1, 0.15) is 35.3 Å². The predicted molar refractivity (Wildman–Crippen MR) is 150 cm³/mol. The number of H-pyrrole nitrogens is 1. The minimum Gasteiger partial charge on any atom is -0.378 e. The Labute approximate surface area is 226 Å². The van der Waals surface area contributed by atoms with E-state index in [1.807, 2.05) is 11.8 Å². The van der Waals surface area contributed by atoms with Crippen LogP contribution < -0.4 is 4.72 Å². The molecule has 1 fully saturated rings. The molecular weight excluding hydrogens is 525 g/mol. The van der Waals surface area contributed by atoms with Crippen LogP contribution in [0.4, 0.5) is 10.1 Å². The first-order valence-corrected chi connectivity index (χ1v) is 13.7. The maximum absolute atomic E-state index is 15.3. The fraction of sp³-hybridized carbons (Fsp3) is 0.308. The molecule has 1 saturated heterocycles. The van der Waals surface area contributed by atoms with Crippen molar-refractivity contribution in [1.82, 2.24) is 19.2 Å². The highest BCUT2D eigenvalue weighted by atomic mass is 32.2. The van der Waals surface area contributed by atoms with Crippen molar-refractivity contribution in [2.75, 3.05) is 44.6 Å². The average Bonchev–Trinajstić information content (AvgIpc) is 3.37. The van der Waals surface area contributed by atoms with Gasteiger partial charge in [0.05, 0.1) is 24.5 Å². The SMILES string of the molecule is C=N/C(=N\C=C(/C)c1cnc2[nH]cc(C(=O)c3cccc(NS(=O)(=O)N(C)CC)c3F)c2c1)N1CCOCC1. The number of guanidine groups is 1. The van der Waals surface area contributed by atoms with E-state index in [1.165, 1.54) is 31.4 Å². The van der Waals surface area contributed by atoms with Gasteiger partial charge in [0.25, 0.3) is 0 Å². The lowest BCUT2D eigenvalue weighted by Gasteiger charge is -2.27. The molecule has 2 aromatic heterocycles. The third-order valence-corrected chi connectivity index (χ3v) is 7.93. The zero-order chi connectivity index (χ0) is 28.2. The Morgan fingerprint density at radius 2 is 2.08 bits per heavy atom. The van der Waals surface area contributed by atoms with Crippen LogP contribution >= 0.6 is 0 Å². The van der Waals surface area contributed by atoms with E-state index in [4.69, 9.17) is 4.74 Å². The number of ether oxygens (including phenoxy) is 1. The molecular formula is C26H30FN7O4S. The van der Waals surface area contributed by atoms with Crippen molar-refractivity contribution in [3.8, 4) is 0 Å². The highest BCUT2D eigenvalue weighted by Crippen LogP contribution is 2.27. The number of nitrogens with one attached hydrogen (secondary N) is 2. The van der Waals surface area contributed by atoms with E-state index in [0.717, 1.165) is 9.88 Å². The lowest BCUT2D eigenvalue weighted by atomic mass is 10.0.